The summed E-state index contributed by atoms with van der Waals surface area (Å²) in [5, 5.41) is 10.4. The Morgan fingerprint density at radius 1 is 0.556 bits per heavy atom. The highest BCUT2D eigenvalue weighted by atomic mass is 79.9. The van der Waals surface area contributed by atoms with Gasteiger partial charge in [0.2, 0.25) is 0 Å². The smallest absolute Gasteiger partial charge is 0.338 e. The minimum absolute atomic E-state index is 0.326. The summed E-state index contributed by atoms with van der Waals surface area (Å²) in [7, 11) is 0. The van der Waals surface area contributed by atoms with Crippen molar-refractivity contribution in [2.75, 3.05) is 13.2 Å². The number of aliphatic hydroxyl groups excluding tert-OH is 1. The zero-order chi connectivity index (χ0) is 38.7. The molecule has 2 aliphatic heterocycles. The zero-order valence-corrected chi connectivity index (χ0v) is 33.8. The maximum absolute atomic E-state index is 12.7. The van der Waals surface area contributed by atoms with Gasteiger partial charge in [0.05, 0.1) is 45.7 Å². The normalized spacial score (nSPS) is 32.3. The quantitative estimate of drug-likeness (QED) is 0.154. The first-order valence-electron chi connectivity index (χ1n) is 18.0. The second kappa shape index (κ2) is 16.5. The fraction of sp³-hybridized carbons (Fsp3) is 0.488. The van der Waals surface area contributed by atoms with E-state index >= 15 is 0 Å². The topological polar surface area (TPSA) is 136 Å². The summed E-state index contributed by atoms with van der Waals surface area (Å²) < 4.78 is 41.1. The van der Waals surface area contributed by atoms with E-state index in [4.69, 9.17) is 33.2 Å². The lowest BCUT2D eigenvalue weighted by atomic mass is 9.81. The van der Waals surface area contributed by atoms with Crippen LogP contribution < -0.4 is 0 Å². The summed E-state index contributed by atoms with van der Waals surface area (Å²) in [6.07, 6.45) is -0.471. The SMILES string of the molecule is CC1(C)OCC2(C[C@@H](OC(=O)c3ccccc3)C(Br)[C@H](OC(=O)c3ccccc3)C2)O1.CC1(C)OC[C@]2(C[C@@H](O)[C@@H](Br)[C@H](OC(=O)c3ccccc3)C2)O1. The van der Waals surface area contributed by atoms with Crippen molar-refractivity contribution in [3.05, 3.63) is 108 Å². The number of benzene rings is 3. The first-order chi connectivity index (χ1) is 25.6. The third-order valence-electron chi connectivity index (χ3n) is 9.83. The molecule has 54 heavy (non-hydrogen) atoms. The van der Waals surface area contributed by atoms with Crippen LogP contribution in [0.3, 0.4) is 0 Å². The van der Waals surface area contributed by atoms with Crippen molar-refractivity contribution in [1.82, 2.24) is 0 Å². The number of ether oxygens (including phenoxy) is 7. The van der Waals surface area contributed by atoms with Crippen molar-refractivity contribution >= 4 is 49.8 Å². The van der Waals surface area contributed by atoms with Crippen LogP contribution in [0, 0.1) is 0 Å². The summed E-state index contributed by atoms with van der Waals surface area (Å²) in [6, 6.07) is 26.5. The molecule has 2 saturated heterocycles. The number of hydrogen-bond donors (Lipinski definition) is 1. The first-order valence-corrected chi connectivity index (χ1v) is 19.8. The van der Waals surface area contributed by atoms with Crippen molar-refractivity contribution in [2.24, 2.45) is 0 Å². The largest absolute Gasteiger partial charge is 0.457 e. The average molecular weight is 875 g/mol. The standard InChI is InChI=1S/C24H25BrO6.C17H21BrO5/c1-23(2)28-15-24(31-23)13-18(29-21(26)16-9-5-3-6-10-16)20(25)19(14-24)30-22(27)17-11-7-4-8-12-17;1-16(2)21-10-17(23-16)8-12(19)14(18)13(9-17)22-15(20)11-6-4-3-5-7-11/h3-12,18-20H,13-15H2,1-2H3;3-7,12-14,19H,8-10H2,1-2H3/t18-,19-,20?,24?;12-,13-,14-,17-/m11/s1. The maximum Gasteiger partial charge on any atom is 0.338 e. The lowest BCUT2D eigenvalue weighted by molar-refractivity contribution is -0.183. The van der Waals surface area contributed by atoms with Crippen molar-refractivity contribution in [3.63, 3.8) is 0 Å². The molecule has 6 atom stereocenters. The van der Waals surface area contributed by atoms with Gasteiger partial charge in [-0.3, -0.25) is 0 Å². The number of carbonyl (C=O) groups is 3. The minimum Gasteiger partial charge on any atom is -0.457 e. The van der Waals surface area contributed by atoms with E-state index in [0.717, 1.165) is 0 Å². The van der Waals surface area contributed by atoms with Gasteiger partial charge in [-0.1, -0.05) is 86.5 Å². The molecule has 0 radical (unpaired) electrons. The van der Waals surface area contributed by atoms with Crippen molar-refractivity contribution in [1.29, 1.82) is 0 Å². The Labute approximate surface area is 332 Å². The van der Waals surface area contributed by atoms with Crippen molar-refractivity contribution < 1.29 is 52.6 Å². The highest BCUT2D eigenvalue weighted by molar-refractivity contribution is 9.09. The Morgan fingerprint density at radius 3 is 1.19 bits per heavy atom. The maximum atomic E-state index is 12.7. The average Bonchev–Trinajstić information content (AvgIpc) is 3.62. The molecule has 0 aromatic heterocycles. The Kier molecular flexibility index (Phi) is 12.4. The summed E-state index contributed by atoms with van der Waals surface area (Å²) >= 11 is 7.09. The number of alkyl halides is 2. The van der Waals surface area contributed by atoms with Gasteiger partial charge in [0.25, 0.3) is 0 Å². The molecule has 1 N–H and O–H groups in total. The summed E-state index contributed by atoms with van der Waals surface area (Å²) in [5.41, 5.74) is 0.0867. The number of halogens is 2. The molecule has 13 heteroatoms. The van der Waals surface area contributed by atoms with Gasteiger partial charge in [0.15, 0.2) is 11.6 Å². The molecule has 7 rings (SSSR count). The third-order valence-corrected chi connectivity index (χ3v) is 12.2. The molecule has 3 aromatic rings. The fourth-order valence-corrected chi connectivity index (χ4v) is 8.49. The van der Waals surface area contributed by atoms with Crippen LogP contribution in [0.15, 0.2) is 91.0 Å². The molecule has 0 amide bonds. The van der Waals surface area contributed by atoms with E-state index in [-0.39, 0.29) is 9.65 Å². The van der Waals surface area contributed by atoms with Gasteiger partial charge in [0, 0.05) is 25.7 Å². The van der Waals surface area contributed by atoms with E-state index < -0.39 is 65.1 Å². The van der Waals surface area contributed by atoms with Crippen LogP contribution in [0.5, 0.6) is 0 Å². The number of esters is 3. The number of aliphatic hydroxyl groups is 1. The Bertz CT molecular complexity index is 1690. The van der Waals surface area contributed by atoms with E-state index in [0.29, 0.717) is 55.6 Å². The molecule has 2 spiro atoms. The van der Waals surface area contributed by atoms with Gasteiger partial charge in [-0.05, 0) is 64.1 Å². The summed E-state index contributed by atoms with van der Waals surface area (Å²) in [5.74, 6) is -2.71. The molecule has 2 saturated carbocycles. The lowest BCUT2D eigenvalue weighted by Gasteiger charge is -2.43. The molecule has 0 unspecified atom stereocenters. The van der Waals surface area contributed by atoms with Gasteiger partial charge >= 0.3 is 17.9 Å². The second-order valence-electron chi connectivity index (χ2n) is 15.1. The zero-order valence-electron chi connectivity index (χ0n) is 30.7. The fourth-order valence-electron chi connectivity index (χ4n) is 7.42. The first kappa shape index (κ1) is 40.5. The van der Waals surface area contributed by atoms with Crippen LogP contribution in [-0.4, -0.2) is 93.1 Å². The number of carbonyl (C=O) groups excluding carboxylic acids is 3. The van der Waals surface area contributed by atoms with Crippen LogP contribution in [0.2, 0.25) is 0 Å². The van der Waals surface area contributed by atoms with Crippen LogP contribution >= 0.6 is 31.9 Å². The van der Waals surface area contributed by atoms with Gasteiger partial charge in [-0.2, -0.15) is 0 Å². The van der Waals surface area contributed by atoms with Crippen LogP contribution in [-0.2, 0) is 33.2 Å². The molecule has 11 nitrogen and oxygen atoms in total. The predicted molar refractivity (Wildman–Crippen MR) is 205 cm³/mol. The Balaban J connectivity index is 0.000000193. The molecule has 290 valence electrons. The highest BCUT2D eigenvalue weighted by Crippen LogP contribution is 2.46. The van der Waals surface area contributed by atoms with E-state index in [1.54, 1.807) is 72.8 Å². The molecule has 3 aromatic carbocycles. The Hall–Kier alpha value is -3.17. The molecule has 2 aliphatic carbocycles. The third kappa shape index (κ3) is 9.79. The van der Waals surface area contributed by atoms with Crippen LogP contribution in [0.4, 0.5) is 0 Å². The van der Waals surface area contributed by atoms with E-state index in [9.17, 15) is 19.5 Å². The highest BCUT2D eigenvalue weighted by Gasteiger charge is 2.56. The molecular formula is C41H46Br2O11. The van der Waals surface area contributed by atoms with Crippen molar-refractivity contribution in [2.45, 2.75) is 110 Å². The van der Waals surface area contributed by atoms with Crippen LogP contribution in [0.25, 0.3) is 0 Å². The molecule has 4 aliphatic rings. The van der Waals surface area contributed by atoms with E-state index in [2.05, 4.69) is 31.9 Å². The van der Waals surface area contributed by atoms with Gasteiger partial charge in [-0.25, -0.2) is 14.4 Å². The molecule has 0 bridgehead atoms. The number of rotatable bonds is 6. The minimum atomic E-state index is -0.763. The second-order valence-corrected chi connectivity index (χ2v) is 17.3. The van der Waals surface area contributed by atoms with Gasteiger partial charge in [-0.15, -0.1) is 0 Å². The molecule has 4 fully saturated rings. The van der Waals surface area contributed by atoms with Gasteiger partial charge in [0.1, 0.15) is 29.5 Å². The number of hydrogen-bond acceptors (Lipinski definition) is 11. The predicted octanol–water partition coefficient (Wildman–Crippen LogP) is 7.17. The lowest BCUT2D eigenvalue weighted by Crippen LogP contribution is -2.54. The van der Waals surface area contributed by atoms with E-state index in [1.165, 1.54) is 0 Å². The molecular weight excluding hydrogens is 828 g/mol. The van der Waals surface area contributed by atoms with E-state index in [1.807, 2.05) is 45.9 Å². The van der Waals surface area contributed by atoms with Crippen LogP contribution in [0.1, 0.15) is 84.5 Å². The summed E-state index contributed by atoms with van der Waals surface area (Å²) in [6.45, 7) is 8.10. The van der Waals surface area contributed by atoms with Gasteiger partial charge < -0.3 is 38.3 Å². The summed E-state index contributed by atoms with van der Waals surface area (Å²) in [4.78, 5) is 37.0. The monoisotopic (exact) mass is 872 g/mol. The van der Waals surface area contributed by atoms with Crippen molar-refractivity contribution in [3.8, 4) is 0 Å². The Morgan fingerprint density at radius 2 is 0.870 bits per heavy atom. The molecule has 2 heterocycles.